The molecule has 3 aromatic heterocycles. The third-order valence-electron chi connectivity index (χ3n) is 6.69. The average Bonchev–Trinajstić information content (AvgIpc) is 3.40. The summed E-state index contributed by atoms with van der Waals surface area (Å²) in [4.78, 5) is 28.6. The maximum Gasteiger partial charge on any atom is 0.253 e. The molecule has 184 valence electrons. The number of amides is 1. The third kappa shape index (κ3) is 5.46. The van der Waals surface area contributed by atoms with Gasteiger partial charge in [0.15, 0.2) is 0 Å². The number of pyridine rings is 2. The molecule has 0 saturated carbocycles. The second-order valence-electron chi connectivity index (χ2n) is 9.36. The van der Waals surface area contributed by atoms with E-state index < -0.39 is 0 Å². The van der Waals surface area contributed by atoms with Gasteiger partial charge in [0.05, 0.1) is 24.0 Å². The molecule has 0 spiro atoms. The van der Waals surface area contributed by atoms with Gasteiger partial charge in [-0.2, -0.15) is 0 Å². The fourth-order valence-corrected chi connectivity index (χ4v) is 4.83. The van der Waals surface area contributed by atoms with Gasteiger partial charge >= 0.3 is 0 Å². The molecule has 5 rings (SSSR count). The summed E-state index contributed by atoms with van der Waals surface area (Å²) in [6.07, 6.45) is 9.56. The molecule has 1 aromatic carbocycles. The molecular formula is C29H31N5O2. The minimum absolute atomic E-state index is 0.104. The van der Waals surface area contributed by atoms with Gasteiger partial charge in [-0.25, -0.2) is 9.97 Å². The van der Waals surface area contributed by atoms with Crippen molar-refractivity contribution in [2.45, 2.75) is 59.2 Å². The summed E-state index contributed by atoms with van der Waals surface area (Å²) in [5.41, 5.74) is 7.03. The first-order valence-corrected chi connectivity index (χ1v) is 12.5. The summed E-state index contributed by atoms with van der Waals surface area (Å²) in [7, 11) is 0. The van der Waals surface area contributed by atoms with Gasteiger partial charge in [0.25, 0.3) is 5.91 Å². The van der Waals surface area contributed by atoms with Gasteiger partial charge in [0.2, 0.25) is 5.89 Å². The molecule has 1 aliphatic rings. The van der Waals surface area contributed by atoms with Crippen LogP contribution in [-0.4, -0.2) is 20.9 Å². The molecule has 7 nitrogen and oxygen atoms in total. The van der Waals surface area contributed by atoms with E-state index in [0.29, 0.717) is 31.1 Å². The van der Waals surface area contributed by atoms with Gasteiger partial charge < -0.3 is 14.6 Å². The number of carbonyl (C=O) groups is 1. The molecule has 1 amide bonds. The van der Waals surface area contributed by atoms with E-state index in [9.17, 15) is 4.79 Å². The number of hydrogen-bond acceptors (Lipinski definition) is 6. The van der Waals surface area contributed by atoms with E-state index >= 15 is 0 Å². The van der Waals surface area contributed by atoms with E-state index in [2.05, 4.69) is 44.5 Å². The minimum atomic E-state index is -0.104. The number of fused-ring (bicyclic) bond motifs is 1. The first kappa shape index (κ1) is 23.7. The number of nitrogens with one attached hydrogen (secondary N) is 1. The lowest BCUT2D eigenvalue weighted by atomic mass is 9.96. The van der Waals surface area contributed by atoms with Crippen molar-refractivity contribution in [3.05, 3.63) is 106 Å². The molecule has 1 aliphatic carbocycles. The van der Waals surface area contributed by atoms with Crippen molar-refractivity contribution in [3.8, 4) is 0 Å². The summed E-state index contributed by atoms with van der Waals surface area (Å²) < 4.78 is 5.55. The Kier molecular flexibility index (Phi) is 7.07. The zero-order chi connectivity index (χ0) is 24.9. The number of hydrogen-bond donors (Lipinski definition) is 1. The molecule has 3 heterocycles. The van der Waals surface area contributed by atoms with E-state index in [4.69, 9.17) is 9.40 Å². The molecule has 36 heavy (non-hydrogen) atoms. The van der Waals surface area contributed by atoms with Gasteiger partial charge in [-0.1, -0.05) is 30.3 Å². The number of rotatable bonds is 8. The largest absolute Gasteiger partial charge is 0.447 e. The first-order chi connectivity index (χ1) is 17.6. The van der Waals surface area contributed by atoms with Crippen LogP contribution in [0.25, 0.3) is 0 Å². The van der Waals surface area contributed by atoms with E-state index in [1.807, 2.05) is 32.0 Å². The molecule has 0 bridgehead atoms. The van der Waals surface area contributed by atoms with Crippen LogP contribution in [-0.2, 0) is 32.5 Å². The molecule has 0 radical (unpaired) electrons. The highest BCUT2D eigenvalue weighted by Gasteiger charge is 2.17. The average molecular weight is 482 g/mol. The van der Waals surface area contributed by atoms with E-state index in [0.717, 1.165) is 41.0 Å². The van der Waals surface area contributed by atoms with Crippen LogP contribution in [0.5, 0.6) is 0 Å². The number of anilines is 1. The van der Waals surface area contributed by atoms with Gasteiger partial charge in [0.1, 0.15) is 12.1 Å². The predicted octanol–water partition coefficient (Wildman–Crippen LogP) is 5.10. The van der Waals surface area contributed by atoms with Crippen LogP contribution in [0.3, 0.4) is 0 Å². The van der Waals surface area contributed by atoms with Crippen LogP contribution in [0.4, 0.5) is 5.82 Å². The molecule has 0 saturated heterocycles. The number of carbonyl (C=O) groups excluding carboxylic acids is 1. The summed E-state index contributed by atoms with van der Waals surface area (Å²) in [5, 5.41) is 3.05. The lowest BCUT2D eigenvalue weighted by molar-refractivity contribution is 0.0949. The SMILES string of the molecule is Cc1ccnc(C)c1C(=O)NCc1cccc(CN(Cc2ncco2)c2ccc3c(n2)CCCC3)c1. The van der Waals surface area contributed by atoms with E-state index in [1.165, 1.54) is 24.1 Å². The molecule has 0 aliphatic heterocycles. The maximum atomic E-state index is 12.8. The molecule has 0 unspecified atom stereocenters. The van der Waals surface area contributed by atoms with Crippen LogP contribution in [0.2, 0.25) is 0 Å². The van der Waals surface area contributed by atoms with Crippen LogP contribution in [0.15, 0.2) is 65.5 Å². The van der Waals surface area contributed by atoms with E-state index in [1.54, 1.807) is 18.7 Å². The number of nitrogens with zero attached hydrogens (tertiary/aromatic N) is 4. The number of aromatic nitrogens is 3. The number of aryl methyl sites for hydroxylation is 4. The first-order valence-electron chi connectivity index (χ1n) is 12.5. The number of oxazole rings is 1. The summed E-state index contributed by atoms with van der Waals surface area (Å²) in [6, 6.07) is 14.5. The second kappa shape index (κ2) is 10.7. The molecule has 0 atom stereocenters. The van der Waals surface area contributed by atoms with E-state index in [-0.39, 0.29) is 5.91 Å². The topological polar surface area (TPSA) is 84.2 Å². The summed E-state index contributed by atoms with van der Waals surface area (Å²) in [6.45, 7) is 5.41. The van der Waals surface area contributed by atoms with Crippen molar-refractivity contribution in [2.24, 2.45) is 0 Å². The highest BCUT2D eigenvalue weighted by molar-refractivity contribution is 5.96. The van der Waals surface area contributed by atoms with Crippen molar-refractivity contribution < 1.29 is 9.21 Å². The molecule has 1 N–H and O–H groups in total. The standard InChI is InChI=1S/C29H31N5O2/c1-20-12-13-30-21(2)28(20)29(35)32-17-22-6-5-7-23(16-22)18-34(19-27-31-14-15-36-27)26-11-10-24-8-3-4-9-25(24)33-26/h5-7,10-16H,3-4,8-9,17-19H2,1-2H3,(H,32,35). The van der Waals surface area contributed by atoms with Crippen molar-refractivity contribution in [3.63, 3.8) is 0 Å². The Morgan fingerprint density at radius 1 is 1.00 bits per heavy atom. The van der Waals surface area contributed by atoms with Crippen molar-refractivity contribution in [1.29, 1.82) is 0 Å². The Bertz CT molecular complexity index is 1330. The quantitative estimate of drug-likeness (QED) is 0.377. The lowest BCUT2D eigenvalue weighted by Gasteiger charge is -2.25. The van der Waals surface area contributed by atoms with Gasteiger partial charge in [-0.15, -0.1) is 0 Å². The molecule has 0 fully saturated rings. The molecular weight excluding hydrogens is 450 g/mol. The Hall–Kier alpha value is -4.00. The fourth-order valence-electron chi connectivity index (χ4n) is 4.83. The Morgan fingerprint density at radius 3 is 2.69 bits per heavy atom. The smallest absolute Gasteiger partial charge is 0.253 e. The maximum absolute atomic E-state index is 12.8. The zero-order valence-corrected chi connectivity index (χ0v) is 20.8. The minimum Gasteiger partial charge on any atom is -0.447 e. The normalized spacial score (nSPS) is 12.7. The Morgan fingerprint density at radius 2 is 1.86 bits per heavy atom. The fraction of sp³-hybridized carbons (Fsp3) is 0.310. The number of benzene rings is 1. The van der Waals surface area contributed by atoms with Crippen molar-refractivity contribution in [1.82, 2.24) is 20.3 Å². The molecule has 7 heteroatoms. The monoisotopic (exact) mass is 481 g/mol. The van der Waals surface area contributed by atoms with Gasteiger partial charge in [-0.3, -0.25) is 9.78 Å². The van der Waals surface area contributed by atoms with Crippen LogP contribution in [0, 0.1) is 13.8 Å². The zero-order valence-electron chi connectivity index (χ0n) is 20.8. The molecule has 4 aromatic rings. The predicted molar refractivity (Wildman–Crippen MR) is 139 cm³/mol. The summed E-state index contributed by atoms with van der Waals surface area (Å²) in [5.74, 6) is 1.47. The second-order valence-corrected chi connectivity index (χ2v) is 9.36. The van der Waals surface area contributed by atoms with Crippen molar-refractivity contribution in [2.75, 3.05) is 4.90 Å². The third-order valence-corrected chi connectivity index (χ3v) is 6.69. The van der Waals surface area contributed by atoms with Crippen molar-refractivity contribution >= 4 is 11.7 Å². The highest BCUT2D eigenvalue weighted by Crippen LogP contribution is 2.25. The Balaban J connectivity index is 1.33. The lowest BCUT2D eigenvalue weighted by Crippen LogP contribution is -2.26. The van der Waals surface area contributed by atoms with Gasteiger partial charge in [-0.05, 0) is 73.9 Å². The van der Waals surface area contributed by atoms with Crippen LogP contribution >= 0.6 is 0 Å². The van der Waals surface area contributed by atoms with Crippen LogP contribution in [0.1, 0.15) is 62.7 Å². The Labute approximate surface area is 211 Å². The van der Waals surface area contributed by atoms with Crippen LogP contribution < -0.4 is 10.2 Å². The summed E-state index contributed by atoms with van der Waals surface area (Å²) >= 11 is 0. The highest BCUT2D eigenvalue weighted by atomic mass is 16.3. The van der Waals surface area contributed by atoms with Gasteiger partial charge in [0, 0.05) is 25.0 Å².